The number of ether oxygens (including phenoxy) is 2. The van der Waals surface area contributed by atoms with E-state index in [4.69, 9.17) is 9.47 Å². The lowest BCUT2D eigenvalue weighted by atomic mass is 10.2. The van der Waals surface area contributed by atoms with Gasteiger partial charge in [0.1, 0.15) is 18.0 Å². The van der Waals surface area contributed by atoms with E-state index >= 15 is 0 Å². The molecule has 19 heavy (non-hydrogen) atoms. The number of amides is 2. The van der Waals surface area contributed by atoms with Crippen LogP contribution in [-0.2, 0) is 0 Å². The zero-order valence-corrected chi connectivity index (χ0v) is 10.3. The fourth-order valence-corrected chi connectivity index (χ4v) is 1.26. The normalized spacial score (nSPS) is 10.8. The van der Waals surface area contributed by atoms with Crippen LogP contribution in [0.2, 0.25) is 0 Å². The summed E-state index contributed by atoms with van der Waals surface area (Å²) >= 11 is 0. The first-order valence-corrected chi connectivity index (χ1v) is 5.19. The minimum absolute atomic E-state index is 0.210. The minimum atomic E-state index is -4.46. The van der Waals surface area contributed by atoms with E-state index in [2.05, 4.69) is 5.32 Å². The van der Waals surface area contributed by atoms with Gasteiger partial charge in [-0.3, -0.25) is 0 Å². The van der Waals surface area contributed by atoms with Gasteiger partial charge in [0, 0.05) is 6.07 Å². The molecule has 0 unspecified atom stereocenters. The number of hydrogen-bond acceptors (Lipinski definition) is 3. The molecular weight excluding hydrogens is 265 g/mol. The van der Waals surface area contributed by atoms with E-state index in [1.165, 1.54) is 26.4 Å². The van der Waals surface area contributed by atoms with Gasteiger partial charge in [-0.1, -0.05) is 0 Å². The Labute approximate surface area is 107 Å². The number of hydrogen-bond donors (Lipinski definition) is 2. The summed E-state index contributed by atoms with van der Waals surface area (Å²) in [5.74, 6) is 0.745. The first-order chi connectivity index (χ1) is 8.85. The predicted molar refractivity (Wildman–Crippen MR) is 62.6 cm³/mol. The van der Waals surface area contributed by atoms with Crippen molar-refractivity contribution in [3.05, 3.63) is 18.2 Å². The Balaban J connectivity index is 2.72. The number of nitrogens with one attached hydrogen (secondary N) is 2. The van der Waals surface area contributed by atoms with Crippen molar-refractivity contribution in [2.24, 2.45) is 0 Å². The van der Waals surface area contributed by atoms with Crippen molar-refractivity contribution < 1.29 is 27.4 Å². The van der Waals surface area contributed by atoms with E-state index < -0.39 is 18.8 Å². The lowest BCUT2D eigenvalue weighted by Crippen LogP contribution is -2.36. The fraction of sp³-hybridized carbons (Fsp3) is 0.364. The molecule has 0 aliphatic carbocycles. The third-order valence-electron chi connectivity index (χ3n) is 2.10. The molecule has 0 bridgehead atoms. The third kappa shape index (κ3) is 4.94. The summed E-state index contributed by atoms with van der Waals surface area (Å²) in [4.78, 5) is 11.3. The van der Waals surface area contributed by atoms with E-state index in [-0.39, 0.29) is 5.69 Å². The Morgan fingerprint density at radius 1 is 1.26 bits per heavy atom. The zero-order chi connectivity index (χ0) is 14.5. The largest absolute Gasteiger partial charge is 0.497 e. The summed E-state index contributed by atoms with van der Waals surface area (Å²) in [6.45, 7) is -1.41. The second-order valence-corrected chi connectivity index (χ2v) is 3.49. The molecule has 0 spiro atoms. The van der Waals surface area contributed by atoms with Crippen LogP contribution in [0.15, 0.2) is 18.2 Å². The van der Waals surface area contributed by atoms with Crippen molar-refractivity contribution in [1.29, 1.82) is 0 Å². The van der Waals surface area contributed by atoms with Gasteiger partial charge in [0.15, 0.2) is 0 Å². The predicted octanol–water partition coefficient (Wildman–Crippen LogP) is 2.39. The van der Waals surface area contributed by atoms with Gasteiger partial charge in [-0.2, -0.15) is 13.2 Å². The number of alkyl halides is 3. The molecule has 0 heterocycles. The second kappa shape index (κ2) is 6.17. The second-order valence-electron chi connectivity index (χ2n) is 3.49. The minimum Gasteiger partial charge on any atom is -0.497 e. The maximum absolute atomic E-state index is 11.9. The van der Waals surface area contributed by atoms with Gasteiger partial charge < -0.3 is 20.1 Å². The highest BCUT2D eigenvalue weighted by atomic mass is 19.4. The highest BCUT2D eigenvalue weighted by molar-refractivity contribution is 5.91. The first-order valence-electron chi connectivity index (χ1n) is 5.19. The summed E-state index contributed by atoms with van der Waals surface area (Å²) in [5.41, 5.74) is 0.210. The lowest BCUT2D eigenvalue weighted by molar-refractivity contribution is -0.122. The molecule has 0 saturated carbocycles. The molecule has 0 saturated heterocycles. The number of halogens is 3. The maximum atomic E-state index is 11.9. The van der Waals surface area contributed by atoms with E-state index in [0.717, 1.165) is 0 Å². The summed E-state index contributed by atoms with van der Waals surface area (Å²) < 4.78 is 45.7. The number of carbonyl (C=O) groups excluding carboxylic acids is 1. The van der Waals surface area contributed by atoms with Gasteiger partial charge in [-0.15, -0.1) is 0 Å². The summed E-state index contributed by atoms with van der Waals surface area (Å²) in [7, 11) is 2.80. The summed E-state index contributed by atoms with van der Waals surface area (Å²) in [6, 6.07) is 3.57. The monoisotopic (exact) mass is 278 g/mol. The van der Waals surface area contributed by atoms with Gasteiger partial charge in [-0.05, 0) is 12.1 Å². The smallest absolute Gasteiger partial charge is 0.405 e. The average molecular weight is 278 g/mol. The van der Waals surface area contributed by atoms with Crippen molar-refractivity contribution in [2.45, 2.75) is 6.18 Å². The Hall–Kier alpha value is -2.12. The molecule has 0 aromatic heterocycles. The van der Waals surface area contributed by atoms with E-state index in [9.17, 15) is 18.0 Å². The SMILES string of the molecule is COc1ccc(OC)c(NC(=O)NCC(F)(F)F)c1. The molecule has 0 fully saturated rings. The van der Waals surface area contributed by atoms with Gasteiger partial charge in [0.2, 0.25) is 0 Å². The van der Waals surface area contributed by atoms with Gasteiger partial charge in [0.25, 0.3) is 0 Å². The van der Waals surface area contributed by atoms with E-state index in [0.29, 0.717) is 11.5 Å². The van der Waals surface area contributed by atoms with Gasteiger partial charge in [-0.25, -0.2) is 4.79 Å². The Kier molecular flexibility index (Phi) is 4.85. The van der Waals surface area contributed by atoms with Crippen LogP contribution >= 0.6 is 0 Å². The number of methoxy groups -OCH3 is 2. The van der Waals surface area contributed by atoms with Crippen LogP contribution in [0, 0.1) is 0 Å². The van der Waals surface area contributed by atoms with Gasteiger partial charge >= 0.3 is 12.2 Å². The number of anilines is 1. The third-order valence-corrected chi connectivity index (χ3v) is 2.10. The molecule has 1 rings (SSSR count). The molecule has 0 radical (unpaired) electrons. The zero-order valence-electron chi connectivity index (χ0n) is 10.3. The van der Waals surface area contributed by atoms with E-state index in [1.807, 2.05) is 0 Å². The molecule has 8 heteroatoms. The molecule has 0 aliphatic heterocycles. The molecule has 0 atom stereocenters. The fourth-order valence-electron chi connectivity index (χ4n) is 1.26. The van der Waals surface area contributed by atoms with Gasteiger partial charge in [0.05, 0.1) is 19.9 Å². The van der Waals surface area contributed by atoms with Crippen LogP contribution in [0.3, 0.4) is 0 Å². The molecule has 106 valence electrons. The van der Waals surface area contributed by atoms with Crippen LogP contribution < -0.4 is 20.1 Å². The molecular formula is C11H13F3N2O3. The first kappa shape index (κ1) is 14.9. The molecule has 2 N–H and O–H groups in total. The van der Waals surface area contributed by atoms with Crippen LogP contribution in [0.25, 0.3) is 0 Å². The Morgan fingerprint density at radius 2 is 1.95 bits per heavy atom. The number of benzene rings is 1. The van der Waals surface area contributed by atoms with Crippen molar-refractivity contribution in [1.82, 2.24) is 5.32 Å². The highest BCUT2D eigenvalue weighted by Crippen LogP contribution is 2.28. The number of rotatable bonds is 4. The summed E-state index contributed by atoms with van der Waals surface area (Å²) in [6.07, 6.45) is -4.46. The summed E-state index contributed by atoms with van der Waals surface area (Å²) in [5, 5.41) is 3.94. The Bertz CT molecular complexity index is 449. The lowest BCUT2D eigenvalue weighted by Gasteiger charge is -2.13. The van der Waals surface area contributed by atoms with Crippen LogP contribution in [0.4, 0.5) is 23.7 Å². The maximum Gasteiger partial charge on any atom is 0.405 e. The van der Waals surface area contributed by atoms with Crippen molar-refractivity contribution >= 4 is 11.7 Å². The van der Waals surface area contributed by atoms with Crippen molar-refractivity contribution in [2.75, 3.05) is 26.1 Å². The van der Waals surface area contributed by atoms with Crippen molar-refractivity contribution in [3.63, 3.8) is 0 Å². The number of urea groups is 1. The average Bonchev–Trinajstić information content (AvgIpc) is 2.35. The van der Waals surface area contributed by atoms with Crippen molar-refractivity contribution in [3.8, 4) is 11.5 Å². The standard InChI is InChI=1S/C11H13F3N2O3/c1-18-7-3-4-9(19-2)8(5-7)16-10(17)15-6-11(12,13)14/h3-5H,6H2,1-2H3,(H2,15,16,17). The molecule has 5 nitrogen and oxygen atoms in total. The van der Waals surface area contributed by atoms with Crippen LogP contribution in [-0.4, -0.2) is 33.0 Å². The van der Waals surface area contributed by atoms with E-state index in [1.54, 1.807) is 11.4 Å². The Morgan fingerprint density at radius 3 is 2.47 bits per heavy atom. The van der Waals surface area contributed by atoms with Crippen LogP contribution in [0.5, 0.6) is 11.5 Å². The molecule has 1 aromatic carbocycles. The molecule has 1 aromatic rings. The quantitative estimate of drug-likeness (QED) is 0.889. The molecule has 2 amide bonds. The number of carbonyl (C=O) groups is 1. The molecule has 0 aliphatic rings. The highest BCUT2D eigenvalue weighted by Gasteiger charge is 2.27. The topological polar surface area (TPSA) is 59.6 Å². The van der Waals surface area contributed by atoms with Crippen LogP contribution in [0.1, 0.15) is 0 Å².